The van der Waals surface area contributed by atoms with Crippen molar-refractivity contribution in [3.63, 3.8) is 0 Å². The van der Waals surface area contributed by atoms with E-state index in [-0.39, 0.29) is 5.69 Å². The van der Waals surface area contributed by atoms with Crippen molar-refractivity contribution in [3.8, 4) is 5.75 Å². The predicted molar refractivity (Wildman–Crippen MR) is 67.0 cm³/mol. The van der Waals surface area contributed by atoms with E-state index in [1.807, 2.05) is 0 Å². The van der Waals surface area contributed by atoms with E-state index in [1.165, 1.54) is 6.92 Å². The van der Waals surface area contributed by atoms with Gasteiger partial charge in [-0.1, -0.05) is 0 Å². The van der Waals surface area contributed by atoms with Crippen LogP contribution in [0, 0.1) is 11.6 Å². The highest BCUT2D eigenvalue weighted by molar-refractivity contribution is 5.93. The largest absolute Gasteiger partial charge is 0.482 e. The van der Waals surface area contributed by atoms with Crippen LogP contribution in [0.2, 0.25) is 0 Å². The lowest BCUT2D eigenvalue weighted by Gasteiger charge is -2.22. The first-order chi connectivity index (χ1) is 8.60. The molecule has 1 rings (SSSR count). The molecule has 1 aromatic rings. The highest BCUT2D eigenvalue weighted by atomic mass is 19.1. The fraction of sp³-hybridized carbons (Fsp3) is 0.462. The van der Waals surface area contributed by atoms with Crippen molar-refractivity contribution in [3.05, 3.63) is 23.8 Å². The number of nitrogens with one attached hydrogen (secondary N) is 1. The minimum Gasteiger partial charge on any atom is -0.482 e. The van der Waals surface area contributed by atoms with E-state index >= 15 is 0 Å². The van der Waals surface area contributed by atoms with Gasteiger partial charge in [-0.05, 0) is 27.7 Å². The number of benzene rings is 1. The maximum atomic E-state index is 13.7. The quantitative estimate of drug-likeness (QED) is 0.889. The lowest BCUT2D eigenvalue weighted by Crippen LogP contribution is -2.25. The van der Waals surface area contributed by atoms with Crippen LogP contribution in [0.1, 0.15) is 27.7 Å². The fourth-order valence-electron chi connectivity index (χ4n) is 1.28. The van der Waals surface area contributed by atoms with Gasteiger partial charge in [-0.15, -0.1) is 0 Å². The summed E-state index contributed by atoms with van der Waals surface area (Å²) < 4.78 is 32.6. The van der Waals surface area contributed by atoms with Gasteiger partial charge in [0.25, 0.3) is 5.91 Å². The Morgan fingerprint density at radius 2 is 1.79 bits per heavy atom. The van der Waals surface area contributed by atoms with Crippen molar-refractivity contribution in [1.29, 1.82) is 0 Å². The van der Waals surface area contributed by atoms with E-state index in [9.17, 15) is 13.6 Å². The third kappa shape index (κ3) is 4.48. The normalized spacial score (nSPS) is 13.0. The van der Waals surface area contributed by atoms with Crippen LogP contribution >= 0.6 is 0 Å². The molecule has 0 radical (unpaired) electrons. The van der Waals surface area contributed by atoms with E-state index in [4.69, 9.17) is 9.84 Å². The molecule has 0 aliphatic heterocycles. The zero-order valence-electron chi connectivity index (χ0n) is 11.3. The zero-order chi connectivity index (χ0) is 14.8. The smallest absolute Gasteiger partial charge is 0.252 e. The standard InChI is InChI=1S/C13H17F2NO3/c1-7(17)12(18)16-8-5-9(14)11(10(15)6-8)19-13(2,3)4/h5-7,17H,1-4H3,(H,16,18)/t7-/m0/s1. The molecule has 2 N–H and O–H groups in total. The van der Waals surface area contributed by atoms with Crippen molar-refractivity contribution in [2.75, 3.05) is 5.32 Å². The summed E-state index contributed by atoms with van der Waals surface area (Å²) in [7, 11) is 0. The second kappa shape index (κ2) is 5.52. The number of aliphatic hydroxyl groups is 1. The molecule has 19 heavy (non-hydrogen) atoms. The van der Waals surface area contributed by atoms with Crippen molar-refractivity contribution < 1.29 is 23.4 Å². The Kier molecular flexibility index (Phi) is 4.47. The fourth-order valence-corrected chi connectivity index (χ4v) is 1.28. The first-order valence-corrected chi connectivity index (χ1v) is 5.77. The van der Waals surface area contributed by atoms with E-state index in [0.717, 1.165) is 12.1 Å². The summed E-state index contributed by atoms with van der Waals surface area (Å²) in [6.45, 7) is 6.23. The summed E-state index contributed by atoms with van der Waals surface area (Å²) >= 11 is 0. The third-order valence-electron chi connectivity index (χ3n) is 2.05. The van der Waals surface area contributed by atoms with Crippen LogP contribution < -0.4 is 10.1 Å². The van der Waals surface area contributed by atoms with Gasteiger partial charge in [-0.25, -0.2) is 8.78 Å². The molecular formula is C13H17F2NO3. The Labute approximate surface area is 110 Å². The molecule has 0 saturated carbocycles. The number of amides is 1. The molecule has 1 aromatic carbocycles. The Morgan fingerprint density at radius 3 is 2.16 bits per heavy atom. The lowest BCUT2D eigenvalue weighted by atomic mass is 10.2. The number of carbonyl (C=O) groups excluding carboxylic acids is 1. The highest BCUT2D eigenvalue weighted by Crippen LogP contribution is 2.28. The van der Waals surface area contributed by atoms with Crippen LogP contribution in [0.15, 0.2) is 12.1 Å². The summed E-state index contributed by atoms with van der Waals surface area (Å²) in [5, 5.41) is 11.2. The maximum Gasteiger partial charge on any atom is 0.252 e. The molecule has 0 spiro atoms. The topological polar surface area (TPSA) is 58.6 Å². The second-order valence-electron chi connectivity index (χ2n) is 5.15. The van der Waals surface area contributed by atoms with Crippen LogP contribution in [0.4, 0.5) is 14.5 Å². The van der Waals surface area contributed by atoms with Crippen LogP contribution in [-0.4, -0.2) is 22.7 Å². The molecule has 0 fully saturated rings. The lowest BCUT2D eigenvalue weighted by molar-refractivity contribution is -0.123. The van der Waals surface area contributed by atoms with Crippen molar-refractivity contribution in [1.82, 2.24) is 0 Å². The number of hydrogen-bond donors (Lipinski definition) is 2. The highest BCUT2D eigenvalue weighted by Gasteiger charge is 2.20. The van der Waals surface area contributed by atoms with Gasteiger partial charge in [0.15, 0.2) is 17.4 Å². The molecule has 0 aromatic heterocycles. The summed E-state index contributed by atoms with van der Waals surface area (Å²) in [5.41, 5.74) is -0.825. The molecule has 0 heterocycles. The number of ether oxygens (including phenoxy) is 1. The van der Waals surface area contributed by atoms with Gasteiger partial charge in [0.2, 0.25) is 0 Å². The van der Waals surface area contributed by atoms with Gasteiger partial charge in [-0.3, -0.25) is 4.79 Å². The van der Waals surface area contributed by atoms with E-state index < -0.39 is 35.0 Å². The Bertz CT molecular complexity index is 458. The minimum absolute atomic E-state index is 0.0813. The molecule has 0 aliphatic rings. The van der Waals surface area contributed by atoms with Gasteiger partial charge >= 0.3 is 0 Å². The van der Waals surface area contributed by atoms with Gasteiger partial charge in [0.1, 0.15) is 11.7 Å². The maximum absolute atomic E-state index is 13.7. The molecule has 0 bridgehead atoms. The molecule has 1 atom stereocenters. The van der Waals surface area contributed by atoms with E-state index in [0.29, 0.717) is 0 Å². The van der Waals surface area contributed by atoms with Gasteiger partial charge < -0.3 is 15.2 Å². The third-order valence-corrected chi connectivity index (χ3v) is 2.05. The Balaban J connectivity index is 3.00. The van der Waals surface area contributed by atoms with Gasteiger partial charge in [0, 0.05) is 17.8 Å². The average Bonchev–Trinajstić information content (AvgIpc) is 2.22. The van der Waals surface area contributed by atoms with E-state index in [2.05, 4.69) is 5.32 Å². The molecule has 0 unspecified atom stereocenters. The molecule has 1 amide bonds. The Morgan fingerprint density at radius 1 is 1.32 bits per heavy atom. The average molecular weight is 273 g/mol. The van der Waals surface area contributed by atoms with Crippen LogP contribution in [0.25, 0.3) is 0 Å². The van der Waals surface area contributed by atoms with Crippen LogP contribution in [0.3, 0.4) is 0 Å². The van der Waals surface area contributed by atoms with Crippen molar-refractivity contribution >= 4 is 11.6 Å². The van der Waals surface area contributed by atoms with Crippen LogP contribution in [-0.2, 0) is 4.79 Å². The molecule has 6 heteroatoms. The molecule has 0 saturated heterocycles. The number of rotatable bonds is 3. The van der Waals surface area contributed by atoms with Gasteiger partial charge in [-0.2, -0.15) is 0 Å². The first-order valence-electron chi connectivity index (χ1n) is 5.77. The zero-order valence-corrected chi connectivity index (χ0v) is 11.3. The monoisotopic (exact) mass is 273 g/mol. The van der Waals surface area contributed by atoms with Crippen molar-refractivity contribution in [2.45, 2.75) is 39.4 Å². The number of hydrogen-bond acceptors (Lipinski definition) is 3. The van der Waals surface area contributed by atoms with Crippen LogP contribution in [0.5, 0.6) is 5.75 Å². The first kappa shape index (κ1) is 15.4. The number of carbonyl (C=O) groups is 1. The summed E-state index contributed by atoms with van der Waals surface area (Å²) in [6.07, 6.45) is -1.27. The predicted octanol–water partition coefficient (Wildman–Crippen LogP) is 2.46. The number of aliphatic hydroxyl groups excluding tert-OH is 1. The second-order valence-corrected chi connectivity index (χ2v) is 5.15. The summed E-state index contributed by atoms with van der Waals surface area (Å²) in [6, 6.07) is 1.87. The Hall–Kier alpha value is -1.69. The molecular weight excluding hydrogens is 256 g/mol. The van der Waals surface area contributed by atoms with Gasteiger partial charge in [0.05, 0.1) is 0 Å². The van der Waals surface area contributed by atoms with E-state index in [1.54, 1.807) is 20.8 Å². The van der Waals surface area contributed by atoms with Crippen molar-refractivity contribution in [2.24, 2.45) is 0 Å². The number of anilines is 1. The summed E-state index contributed by atoms with van der Waals surface area (Å²) in [4.78, 5) is 11.2. The molecule has 106 valence electrons. The minimum atomic E-state index is -1.27. The molecule has 4 nitrogen and oxygen atoms in total. The summed E-state index contributed by atoms with van der Waals surface area (Å²) in [5.74, 6) is -3.09. The molecule has 0 aliphatic carbocycles. The number of halogens is 2. The SMILES string of the molecule is C[C@H](O)C(=O)Nc1cc(F)c(OC(C)(C)C)c(F)c1.